The van der Waals surface area contributed by atoms with Gasteiger partial charge in [0.25, 0.3) is 0 Å². The van der Waals surface area contributed by atoms with Gasteiger partial charge in [0.1, 0.15) is 0 Å². The zero-order valence-electron chi connectivity index (χ0n) is 7.86. The van der Waals surface area contributed by atoms with Crippen LogP contribution in [0.15, 0.2) is 51.9 Å². The van der Waals surface area contributed by atoms with Crippen LogP contribution in [0.4, 0.5) is 0 Å². The van der Waals surface area contributed by atoms with Crippen LogP contribution in [0.25, 0.3) is 11.1 Å². The zero-order chi connectivity index (χ0) is 9.97. The topological polar surface area (TPSA) is 30.2 Å². The molecule has 0 aliphatic rings. The summed E-state index contributed by atoms with van der Waals surface area (Å²) in [6.45, 7) is 1.77. The maximum atomic E-state index is 11.2. The summed E-state index contributed by atoms with van der Waals surface area (Å²) >= 11 is 0. The first-order chi connectivity index (χ1) is 6.79. The minimum absolute atomic E-state index is 0.272. The Morgan fingerprint density at radius 3 is 2.50 bits per heavy atom. The van der Waals surface area contributed by atoms with Crippen molar-refractivity contribution < 1.29 is 4.42 Å². The summed E-state index contributed by atoms with van der Waals surface area (Å²) in [5.41, 5.74) is 2.35. The van der Waals surface area contributed by atoms with Gasteiger partial charge in [0, 0.05) is 5.56 Å². The van der Waals surface area contributed by atoms with E-state index in [2.05, 4.69) is 0 Å². The van der Waals surface area contributed by atoms with E-state index < -0.39 is 0 Å². The monoisotopic (exact) mass is 186 g/mol. The van der Waals surface area contributed by atoms with Crippen LogP contribution < -0.4 is 5.63 Å². The van der Waals surface area contributed by atoms with E-state index >= 15 is 0 Å². The highest BCUT2D eigenvalue weighted by Gasteiger charge is 2.04. The van der Waals surface area contributed by atoms with Crippen LogP contribution in [0.5, 0.6) is 0 Å². The molecule has 0 saturated carbocycles. The summed E-state index contributed by atoms with van der Waals surface area (Å²) in [6, 6.07) is 11.6. The van der Waals surface area contributed by atoms with E-state index in [9.17, 15) is 4.79 Å². The Bertz CT molecular complexity index is 483. The van der Waals surface area contributed by atoms with Gasteiger partial charge in [-0.05, 0) is 24.1 Å². The molecule has 2 aromatic rings. The van der Waals surface area contributed by atoms with Crippen LogP contribution >= 0.6 is 0 Å². The molecule has 2 heteroatoms. The molecule has 0 bridgehead atoms. The molecule has 1 aromatic heterocycles. The molecule has 0 aliphatic carbocycles. The van der Waals surface area contributed by atoms with E-state index in [-0.39, 0.29) is 5.63 Å². The summed E-state index contributed by atoms with van der Waals surface area (Å²) < 4.78 is 4.76. The Morgan fingerprint density at radius 2 is 1.79 bits per heavy atom. The van der Waals surface area contributed by atoms with Gasteiger partial charge in [-0.1, -0.05) is 30.3 Å². The van der Waals surface area contributed by atoms with Gasteiger partial charge in [-0.25, -0.2) is 4.79 Å². The molecule has 0 aliphatic heterocycles. The van der Waals surface area contributed by atoms with E-state index in [1.165, 1.54) is 6.26 Å². The molecule has 0 saturated heterocycles. The molecule has 14 heavy (non-hydrogen) atoms. The number of rotatable bonds is 1. The zero-order valence-corrected chi connectivity index (χ0v) is 7.86. The lowest BCUT2D eigenvalue weighted by atomic mass is 10.0. The fourth-order valence-electron chi connectivity index (χ4n) is 1.42. The van der Waals surface area contributed by atoms with Gasteiger partial charge >= 0.3 is 5.63 Å². The van der Waals surface area contributed by atoms with Crippen LogP contribution in [-0.2, 0) is 0 Å². The van der Waals surface area contributed by atoms with Gasteiger partial charge in [0.2, 0.25) is 0 Å². The average molecular weight is 186 g/mol. The summed E-state index contributed by atoms with van der Waals surface area (Å²) in [7, 11) is 0. The van der Waals surface area contributed by atoms with Gasteiger partial charge in [0.05, 0.1) is 6.26 Å². The molecule has 2 nitrogen and oxygen atoms in total. The first-order valence-electron chi connectivity index (χ1n) is 4.43. The third-order valence-electron chi connectivity index (χ3n) is 2.20. The maximum Gasteiger partial charge on any atom is 0.339 e. The third-order valence-corrected chi connectivity index (χ3v) is 2.20. The van der Waals surface area contributed by atoms with Crippen molar-refractivity contribution >= 4 is 0 Å². The van der Waals surface area contributed by atoms with E-state index in [0.29, 0.717) is 5.56 Å². The standard InChI is InChI=1S/C12H10O2/c1-9-11(7-8-14-12(9)13)10-5-3-2-4-6-10/h2-8H,1H3. The van der Waals surface area contributed by atoms with E-state index in [1.807, 2.05) is 36.4 Å². The fourth-order valence-corrected chi connectivity index (χ4v) is 1.42. The van der Waals surface area contributed by atoms with Crippen molar-refractivity contribution in [1.82, 2.24) is 0 Å². The SMILES string of the molecule is Cc1c(-c2ccccc2)ccoc1=O. The molecule has 0 N–H and O–H groups in total. The highest BCUT2D eigenvalue weighted by molar-refractivity contribution is 5.65. The second-order valence-electron chi connectivity index (χ2n) is 3.11. The van der Waals surface area contributed by atoms with Crippen LogP contribution in [-0.4, -0.2) is 0 Å². The molecule has 0 fully saturated rings. The molecule has 0 unspecified atom stereocenters. The molecular weight excluding hydrogens is 176 g/mol. The smallest absolute Gasteiger partial charge is 0.339 e. The second-order valence-corrected chi connectivity index (χ2v) is 3.11. The van der Waals surface area contributed by atoms with E-state index in [1.54, 1.807) is 6.92 Å². The quantitative estimate of drug-likeness (QED) is 0.685. The van der Waals surface area contributed by atoms with Gasteiger partial charge in [-0.3, -0.25) is 0 Å². The molecule has 0 atom stereocenters. The molecule has 0 radical (unpaired) electrons. The van der Waals surface area contributed by atoms with Crippen molar-refractivity contribution in [1.29, 1.82) is 0 Å². The van der Waals surface area contributed by atoms with Crippen molar-refractivity contribution in [2.75, 3.05) is 0 Å². The van der Waals surface area contributed by atoms with Crippen molar-refractivity contribution in [2.24, 2.45) is 0 Å². The summed E-state index contributed by atoms with van der Waals surface area (Å²) in [5, 5.41) is 0. The Balaban J connectivity index is 2.64. The third kappa shape index (κ3) is 1.46. The minimum atomic E-state index is -0.272. The summed E-state index contributed by atoms with van der Waals surface area (Å²) in [6.07, 6.45) is 1.43. The van der Waals surface area contributed by atoms with Gasteiger partial charge in [-0.15, -0.1) is 0 Å². The van der Waals surface area contributed by atoms with Gasteiger partial charge < -0.3 is 4.42 Å². The lowest BCUT2D eigenvalue weighted by Gasteiger charge is -2.02. The van der Waals surface area contributed by atoms with Crippen LogP contribution in [0.2, 0.25) is 0 Å². The van der Waals surface area contributed by atoms with Crippen molar-refractivity contribution in [3.8, 4) is 11.1 Å². The van der Waals surface area contributed by atoms with Crippen LogP contribution in [0.3, 0.4) is 0 Å². The maximum absolute atomic E-state index is 11.2. The normalized spacial score (nSPS) is 10.1. The largest absolute Gasteiger partial charge is 0.431 e. The lowest BCUT2D eigenvalue weighted by molar-refractivity contribution is 0.506. The van der Waals surface area contributed by atoms with Crippen molar-refractivity contribution in [3.63, 3.8) is 0 Å². The first kappa shape index (κ1) is 8.75. The molecule has 0 amide bonds. The highest BCUT2D eigenvalue weighted by atomic mass is 16.4. The van der Waals surface area contributed by atoms with Gasteiger partial charge in [0.15, 0.2) is 0 Å². The average Bonchev–Trinajstić information content (AvgIpc) is 2.23. The lowest BCUT2D eigenvalue weighted by Crippen LogP contribution is -2.03. The predicted octanol–water partition coefficient (Wildman–Crippen LogP) is 2.62. The summed E-state index contributed by atoms with van der Waals surface area (Å²) in [5.74, 6) is 0. The molecule has 0 spiro atoms. The molecule has 2 rings (SSSR count). The van der Waals surface area contributed by atoms with Crippen LogP contribution in [0, 0.1) is 6.92 Å². The fraction of sp³-hybridized carbons (Fsp3) is 0.0833. The number of hydrogen-bond acceptors (Lipinski definition) is 2. The van der Waals surface area contributed by atoms with Gasteiger partial charge in [-0.2, -0.15) is 0 Å². The Kier molecular flexibility index (Phi) is 2.19. The van der Waals surface area contributed by atoms with E-state index in [0.717, 1.165) is 11.1 Å². The molecule has 70 valence electrons. The molecular formula is C12H10O2. The number of benzene rings is 1. The highest BCUT2D eigenvalue weighted by Crippen LogP contribution is 2.19. The Labute approximate surface area is 81.8 Å². The minimum Gasteiger partial charge on any atom is -0.431 e. The first-order valence-corrected chi connectivity index (χ1v) is 4.43. The second kappa shape index (κ2) is 3.50. The molecule has 1 heterocycles. The Hall–Kier alpha value is -1.83. The summed E-state index contributed by atoms with van der Waals surface area (Å²) in [4.78, 5) is 11.2. The van der Waals surface area contributed by atoms with Crippen LogP contribution in [0.1, 0.15) is 5.56 Å². The Morgan fingerprint density at radius 1 is 1.07 bits per heavy atom. The van der Waals surface area contributed by atoms with E-state index in [4.69, 9.17) is 4.42 Å². The van der Waals surface area contributed by atoms with Crippen molar-refractivity contribution in [3.05, 3.63) is 58.6 Å². The molecule has 1 aromatic carbocycles. The predicted molar refractivity (Wildman–Crippen MR) is 55.2 cm³/mol. The van der Waals surface area contributed by atoms with Crippen molar-refractivity contribution in [2.45, 2.75) is 6.92 Å². The number of hydrogen-bond donors (Lipinski definition) is 0.